The number of hydrogen-bond acceptors (Lipinski definition) is 1. The summed E-state index contributed by atoms with van der Waals surface area (Å²) in [6, 6.07) is 0. The van der Waals surface area contributed by atoms with Crippen molar-refractivity contribution in [2.45, 2.75) is 13.0 Å². The van der Waals surface area contributed by atoms with Gasteiger partial charge < -0.3 is 0 Å². The van der Waals surface area contributed by atoms with E-state index in [1.165, 1.54) is 0 Å². The Balaban J connectivity index is 2.42. The highest BCUT2D eigenvalue weighted by atomic mass is 79.9. The minimum absolute atomic E-state index is 0.280. The molecule has 10 heavy (non-hydrogen) atoms. The highest BCUT2D eigenvalue weighted by molar-refractivity contribution is 9.10. The first-order valence-corrected chi connectivity index (χ1v) is 3.86. The van der Waals surface area contributed by atoms with Gasteiger partial charge in [-0.2, -0.15) is 5.10 Å². The fourth-order valence-corrected chi connectivity index (χ4v) is 1.01. The van der Waals surface area contributed by atoms with Gasteiger partial charge in [0, 0.05) is 12.7 Å². The van der Waals surface area contributed by atoms with E-state index in [2.05, 4.69) is 21.0 Å². The summed E-state index contributed by atoms with van der Waals surface area (Å²) in [7, 11) is 0. The topological polar surface area (TPSA) is 17.8 Å². The van der Waals surface area contributed by atoms with Crippen LogP contribution in [0.2, 0.25) is 0 Å². The molecule has 56 valence electrons. The third-order valence-electron chi connectivity index (χ3n) is 1.12. The van der Waals surface area contributed by atoms with Crippen LogP contribution in [0.25, 0.3) is 0 Å². The molecule has 1 aromatic heterocycles. The van der Waals surface area contributed by atoms with Gasteiger partial charge in [0.1, 0.15) is 0 Å². The Morgan fingerprint density at radius 1 is 1.70 bits per heavy atom. The fourth-order valence-electron chi connectivity index (χ4n) is 0.682. The maximum absolute atomic E-state index is 11.6. The minimum Gasteiger partial charge on any atom is -0.271 e. The molecule has 1 heterocycles. The van der Waals surface area contributed by atoms with Gasteiger partial charge in [0.25, 0.3) is 0 Å². The first kappa shape index (κ1) is 7.72. The van der Waals surface area contributed by atoms with Crippen LogP contribution in [0.1, 0.15) is 6.42 Å². The fraction of sp³-hybridized carbons (Fsp3) is 0.500. The van der Waals surface area contributed by atoms with Gasteiger partial charge in [-0.05, 0) is 22.4 Å². The van der Waals surface area contributed by atoms with E-state index in [-0.39, 0.29) is 6.67 Å². The second-order valence-corrected chi connectivity index (χ2v) is 2.88. The van der Waals surface area contributed by atoms with E-state index in [9.17, 15) is 4.39 Å². The second-order valence-electron chi connectivity index (χ2n) is 1.96. The largest absolute Gasteiger partial charge is 0.271 e. The monoisotopic (exact) mass is 206 g/mol. The quantitative estimate of drug-likeness (QED) is 0.741. The maximum Gasteiger partial charge on any atom is 0.0912 e. The van der Waals surface area contributed by atoms with Gasteiger partial charge in [-0.3, -0.25) is 9.07 Å². The van der Waals surface area contributed by atoms with Crippen molar-refractivity contribution in [3.8, 4) is 0 Å². The van der Waals surface area contributed by atoms with Crippen LogP contribution < -0.4 is 0 Å². The van der Waals surface area contributed by atoms with Crippen LogP contribution >= 0.6 is 15.9 Å². The lowest BCUT2D eigenvalue weighted by Crippen LogP contribution is -1.98. The Morgan fingerprint density at radius 2 is 2.50 bits per heavy atom. The van der Waals surface area contributed by atoms with Gasteiger partial charge >= 0.3 is 0 Å². The van der Waals surface area contributed by atoms with Crippen molar-refractivity contribution in [2.75, 3.05) is 6.67 Å². The van der Waals surface area contributed by atoms with Crippen LogP contribution in [0.4, 0.5) is 4.39 Å². The van der Waals surface area contributed by atoms with Gasteiger partial charge in [-0.1, -0.05) is 0 Å². The number of hydrogen-bond donors (Lipinski definition) is 0. The van der Waals surface area contributed by atoms with E-state index >= 15 is 0 Å². The van der Waals surface area contributed by atoms with Gasteiger partial charge in [-0.15, -0.1) is 0 Å². The molecule has 0 saturated carbocycles. The SMILES string of the molecule is FCCCn1cc(Br)cn1. The Morgan fingerprint density at radius 3 is 3.00 bits per heavy atom. The van der Waals surface area contributed by atoms with Crippen LogP contribution in [0.3, 0.4) is 0 Å². The molecule has 2 nitrogen and oxygen atoms in total. The average Bonchev–Trinajstić information content (AvgIpc) is 2.31. The van der Waals surface area contributed by atoms with Crippen molar-refractivity contribution < 1.29 is 4.39 Å². The van der Waals surface area contributed by atoms with Gasteiger partial charge in [-0.25, -0.2) is 0 Å². The molecule has 1 rings (SSSR count). The molecule has 0 fully saturated rings. The summed E-state index contributed by atoms with van der Waals surface area (Å²) >= 11 is 3.25. The van der Waals surface area contributed by atoms with Crippen molar-refractivity contribution >= 4 is 15.9 Å². The van der Waals surface area contributed by atoms with Crippen LogP contribution in [0.15, 0.2) is 16.9 Å². The summed E-state index contributed by atoms with van der Waals surface area (Å²) in [4.78, 5) is 0. The summed E-state index contributed by atoms with van der Waals surface area (Å²) in [5.41, 5.74) is 0. The van der Waals surface area contributed by atoms with E-state index in [0.717, 1.165) is 4.47 Å². The lowest BCUT2D eigenvalue weighted by Gasteiger charge is -1.94. The molecule has 0 aromatic carbocycles. The molecule has 0 aliphatic heterocycles. The van der Waals surface area contributed by atoms with E-state index in [1.54, 1.807) is 10.9 Å². The van der Waals surface area contributed by atoms with E-state index < -0.39 is 0 Å². The molecule has 0 saturated heterocycles. The van der Waals surface area contributed by atoms with Gasteiger partial charge in [0.2, 0.25) is 0 Å². The summed E-state index contributed by atoms with van der Waals surface area (Å²) in [5, 5.41) is 3.96. The van der Waals surface area contributed by atoms with E-state index in [1.807, 2.05) is 6.20 Å². The zero-order valence-electron chi connectivity index (χ0n) is 5.43. The van der Waals surface area contributed by atoms with Crippen molar-refractivity contribution in [2.24, 2.45) is 0 Å². The first-order chi connectivity index (χ1) is 4.83. The van der Waals surface area contributed by atoms with Crippen molar-refractivity contribution in [1.29, 1.82) is 0 Å². The molecule has 0 unspecified atom stereocenters. The molecule has 0 radical (unpaired) electrons. The summed E-state index contributed by atoms with van der Waals surface area (Å²) in [5.74, 6) is 0. The molecule has 0 N–H and O–H groups in total. The molecule has 0 amide bonds. The number of halogens is 2. The molecule has 4 heteroatoms. The minimum atomic E-state index is -0.280. The molecular weight excluding hydrogens is 199 g/mol. The van der Waals surface area contributed by atoms with Crippen molar-refractivity contribution in [3.63, 3.8) is 0 Å². The van der Waals surface area contributed by atoms with Crippen LogP contribution in [0.5, 0.6) is 0 Å². The number of aromatic nitrogens is 2. The molecule has 0 spiro atoms. The molecule has 0 aliphatic rings. The zero-order chi connectivity index (χ0) is 7.40. The van der Waals surface area contributed by atoms with Gasteiger partial charge in [0.15, 0.2) is 0 Å². The smallest absolute Gasteiger partial charge is 0.0912 e. The highest BCUT2D eigenvalue weighted by Gasteiger charge is 1.92. The third-order valence-corrected chi connectivity index (χ3v) is 1.53. The Kier molecular flexibility index (Phi) is 2.86. The van der Waals surface area contributed by atoms with Crippen molar-refractivity contribution in [3.05, 3.63) is 16.9 Å². The number of rotatable bonds is 3. The van der Waals surface area contributed by atoms with Crippen molar-refractivity contribution in [1.82, 2.24) is 9.78 Å². The number of nitrogens with zero attached hydrogens (tertiary/aromatic N) is 2. The standard InChI is InChI=1S/C6H8BrFN2/c7-6-4-9-10(5-6)3-1-2-8/h4-5H,1-3H2. The first-order valence-electron chi connectivity index (χ1n) is 3.07. The van der Waals surface area contributed by atoms with Crippen LogP contribution in [0, 0.1) is 0 Å². The lowest BCUT2D eigenvalue weighted by molar-refractivity contribution is 0.435. The predicted molar refractivity (Wildman–Crippen MR) is 40.5 cm³/mol. The molecule has 0 atom stereocenters. The van der Waals surface area contributed by atoms with Crippen LogP contribution in [-0.2, 0) is 6.54 Å². The highest BCUT2D eigenvalue weighted by Crippen LogP contribution is 2.06. The molecule has 0 aliphatic carbocycles. The third kappa shape index (κ3) is 2.10. The molecule has 0 bridgehead atoms. The second kappa shape index (κ2) is 3.71. The lowest BCUT2D eigenvalue weighted by atomic mass is 10.5. The Bertz CT molecular complexity index is 199. The van der Waals surface area contributed by atoms with Crippen LogP contribution in [-0.4, -0.2) is 16.5 Å². The van der Waals surface area contributed by atoms with E-state index in [0.29, 0.717) is 13.0 Å². The summed E-state index contributed by atoms with van der Waals surface area (Å²) in [6.45, 7) is 0.375. The number of alkyl halides is 1. The predicted octanol–water partition coefficient (Wildman–Crippen LogP) is 2.01. The summed E-state index contributed by atoms with van der Waals surface area (Å²) in [6.07, 6.45) is 4.06. The maximum atomic E-state index is 11.6. The van der Waals surface area contributed by atoms with Gasteiger partial charge in [0.05, 0.1) is 17.3 Å². The average molecular weight is 207 g/mol. The summed E-state index contributed by atoms with van der Waals surface area (Å²) < 4.78 is 14.3. The zero-order valence-corrected chi connectivity index (χ0v) is 7.01. The van der Waals surface area contributed by atoms with E-state index in [4.69, 9.17) is 0 Å². The normalized spacial score (nSPS) is 10.2. The molecule has 1 aromatic rings. The number of aryl methyl sites for hydroxylation is 1. The molecular formula is C6H8BrFN2. The Hall–Kier alpha value is -0.380. The Labute approximate surface area is 67.2 Å².